The Labute approximate surface area is 122 Å². The Kier molecular flexibility index (Phi) is 4.40. The maximum Gasteiger partial charge on any atom is 0.246 e. The second kappa shape index (κ2) is 5.74. The van der Waals surface area contributed by atoms with Crippen LogP contribution in [-0.4, -0.2) is 34.3 Å². The molecule has 2 atom stereocenters. The van der Waals surface area contributed by atoms with Crippen molar-refractivity contribution < 1.29 is 9.59 Å². The van der Waals surface area contributed by atoms with Crippen LogP contribution in [0, 0.1) is 5.92 Å². The molecule has 4 heteroatoms. The second-order valence-electron chi connectivity index (χ2n) is 6.75. The summed E-state index contributed by atoms with van der Waals surface area (Å²) in [7, 11) is 0. The number of nitrogens with one attached hydrogen (secondary N) is 1. The van der Waals surface area contributed by atoms with E-state index < -0.39 is 5.54 Å². The number of piperazine rings is 1. The lowest BCUT2D eigenvalue weighted by molar-refractivity contribution is -0.164. The summed E-state index contributed by atoms with van der Waals surface area (Å²) in [5, 5.41) is 3.00. The second-order valence-corrected chi connectivity index (χ2v) is 6.75. The number of amides is 2. The Morgan fingerprint density at radius 3 is 2.30 bits per heavy atom. The molecule has 1 saturated carbocycles. The Bertz CT molecular complexity index is 386. The molecule has 20 heavy (non-hydrogen) atoms. The summed E-state index contributed by atoms with van der Waals surface area (Å²) in [5.74, 6) is 0.339. The van der Waals surface area contributed by atoms with Crippen molar-refractivity contribution in [2.45, 2.75) is 83.8 Å². The average molecular weight is 280 g/mol. The first-order chi connectivity index (χ1) is 9.44. The molecular formula is C16H28N2O2. The molecule has 4 nitrogen and oxygen atoms in total. The molecule has 1 aliphatic carbocycles. The molecule has 0 aromatic heterocycles. The van der Waals surface area contributed by atoms with Crippen molar-refractivity contribution in [2.75, 3.05) is 0 Å². The highest BCUT2D eigenvalue weighted by Gasteiger charge is 2.54. The Morgan fingerprint density at radius 2 is 1.80 bits per heavy atom. The third kappa shape index (κ3) is 2.33. The molecule has 2 amide bonds. The molecule has 1 aliphatic heterocycles. The predicted molar refractivity (Wildman–Crippen MR) is 79.2 cm³/mol. The maximum atomic E-state index is 12.9. The number of hydrogen-bond acceptors (Lipinski definition) is 2. The van der Waals surface area contributed by atoms with Gasteiger partial charge in [-0.3, -0.25) is 9.59 Å². The van der Waals surface area contributed by atoms with Crippen molar-refractivity contribution in [1.29, 1.82) is 0 Å². The summed E-state index contributed by atoms with van der Waals surface area (Å²) in [6.07, 6.45) is 5.79. The van der Waals surface area contributed by atoms with Crippen LogP contribution in [0.1, 0.15) is 66.2 Å². The summed E-state index contributed by atoms with van der Waals surface area (Å²) in [6, 6.07) is -0.225. The van der Waals surface area contributed by atoms with Crippen LogP contribution in [0.4, 0.5) is 0 Å². The smallest absolute Gasteiger partial charge is 0.246 e. The summed E-state index contributed by atoms with van der Waals surface area (Å²) in [6.45, 7) is 8.16. The molecule has 2 rings (SSSR count). The van der Waals surface area contributed by atoms with E-state index in [2.05, 4.69) is 19.2 Å². The third-order valence-corrected chi connectivity index (χ3v) is 5.05. The van der Waals surface area contributed by atoms with Gasteiger partial charge in [0.25, 0.3) is 0 Å². The standard InChI is InChI=1S/C16H28N2O2/c1-5-12(4)18-14(19)13(11(2)3)17-15(20)16(18)9-7-6-8-10-16/h11-13H,5-10H2,1-4H3,(H,17,20). The fourth-order valence-corrected chi connectivity index (χ4v) is 3.69. The highest BCUT2D eigenvalue weighted by atomic mass is 16.2. The van der Waals surface area contributed by atoms with E-state index in [0.717, 1.165) is 32.1 Å². The summed E-state index contributed by atoms with van der Waals surface area (Å²) in [5.41, 5.74) is -0.573. The highest BCUT2D eigenvalue weighted by Crippen LogP contribution is 2.39. The molecule has 114 valence electrons. The molecule has 0 aromatic carbocycles. The molecule has 1 N–H and O–H groups in total. The summed E-state index contributed by atoms with van der Waals surface area (Å²) in [4.78, 5) is 27.6. The molecule has 2 unspecified atom stereocenters. The van der Waals surface area contributed by atoms with Gasteiger partial charge in [-0.15, -0.1) is 0 Å². The fourth-order valence-electron chi connectivity index (χ4n) is 3.69. The molecule has 1 heterocycles. The van der Waals surface area contributed by atoms with Crippen LogP contribution in [0.3, 0.4) is 0 Å². The van der Waals surface area contributed by atoms with Gasteiger partial charge in [0.2, 0.25) is 11.8 Å². The first kappa shape index (κ1) is 15.3. The van der Waals surface area contributed by atoms with Gasteiger partial charge in [-0.05, 0) is 32.1 Å². The van der Waals surface area contributed by atoms with E-state index in [9.17, 15) is 9.59 Å². The normalized spacial score (nSPS) is 27.9. The minimum atomic E-state index is -0.573. The molecule has 0 bridgehead atoms. The number of rotatable bonds is 3. The quantitative estimate of drug-likeness (QED) is 0.863. The molecule has 0 radical (unpaired) electrons. The van der Waals surface area contributed by atoms with Gasteiger partial charge in [0.05, 0.1) is 0 Å². The van der Waals surface area contributed by atoms with E-state index in [0.29, 0.717) is 0 Å². The van der Waals surface area contributed by atoms with Gasteiger partial charge in [-0.1, -0.05) is 40.0 Å². The number of carbonyl (C=O) groups excluding carboxylic acids is 2. The van der Waals surface area contributed by atoms with Crippen LogP contribution in [0.2, 0.25) is 0 Å². The molecule has 2 fully saturated rings. The zero-order valence-corrected chi connectivity index (χ0v) is 13.2. The van der Waals surface area contributed by atoms with Gasteiger partial charge < -0.3 is 10.2 Å². The third-order valence-electron chi connectivity index (χ3n) is 5.05. The first-order valence-electron chi connectivity index (χ1n) is 8.08. The minimum absolute atomic E-state index is 0.0794. The van der Waals surface area contributed by atoms with Crippen molar-refractivity contribution in [3.05, 3.63) is 0 Å². The van der Waals surface area contributed by atoms with Crippen molar-refractivity contribution >= 4 is 11.8 Å². The van der Waals surface area contributed by atoms with E-state index >= 15 is 0 Å². The SMILES string of the molecule is CCC(C)N1C(=O)C(C(C)C)NC(=O)C12CCCCC2. The molecule has 0 aromatic rings. The van der Waals surface area contributed by atoms with Crippen molar-refractivity contribution in [2.24, 2.45) is 5.92 Å². The Morgan fingerprint density at radius 1 is 1.20 bits per heavy atom. The molecule has 1 saturated heterocycles. The Hall–Kier alpha value is -1.06. The van der Waals surface area contributed by atoms with Crippen LogP contribution < -0.4 is 5.32 Å². The average Bonchev–Trinajstić information content (AvgIpc) is 2.43. The number of hydrogen-bond donors (Lipinski definition) is 1. The van der Waals surface area contributed by atoms with Crippen LogP contribution in [-0.2, 0) is 9.59 Å². The topological polar surface area (TPSA) is 49.4 Å². The van der Waals surface area contributed by atoms with Gasteiger partial charge in [0, 0.05) is 6.04 Å². The number of nitrogens with zero attached hydrogens (tertiary/aromatic N) is 1. The Balaban J connectivity index is 2.39. The van der Waals surface area contributed by atoms with Crippen LogP contribution in [0.5, 0.6) is 0 Å². The van der Waals surface area contributed by atoms with Crippen molar-refractivity contribution in [1.82, 2.24) is 10.2 Å². The number of carbonyl (C=O) groups is 2. The van der Waals surface area contributed by atoms with E-state index in [1.807, 2.05) is 18.7 Å². The summed E-state index contributed by atoms with van der Waals surface area (Å²) < 4.78 is 0. The minimum Gasteiger partial charge on any atom is -0.342 e. The molecule has 2 aliphatic rings. The van der Waals surface area contributed by atoms with E-state index in [1.165, 1.54) is 6.42 Å². The molecular weight excluding hydrogens is 252 g/mol. The zero-order valence-electron chi connectivity index (χ0n) is 13.2. The largest absolute Gasteiger partial charge is 0.342 e. The first-order valence-corrected chi connectivity index (χ1v) is 8.08. The van der Waals surface area contributed by atoms with Crippen LogP contribution in [0.25, 0.3) is 0 Å². The van der Waals surface area contributed by atoms with Gasteiger partial charge in [-0.2, -0.15) is 0 Å². The predicted octanol–water partition coefficient (Wildman–Crippen LogP) is 2.47. The van der Waals surface area contributed by atoms with Crippen molar-refractivity contribution in [3.8, 4) is 0 Å². The van der Waals surface area contributed by atoms with Gasteiger partial charge in [0.15, 0.2) is 0 Å². The van der Waals surface area contributed by atoms with E-state index in [4.69, 9.17) is 0 Å². The lowest BCUT2D eigenvalue weighted by Gasteiger charge is -2.53. The lowest BCUT2D eigenvalue weighted by atomic mass is 9.75. The van der Waals surface area contributed by atoms with Crippen LogP contribution in [0.15, 0.2) is 0 Å². The molecule has 1 spiro atoms. The van der Waals surface area contributed by atoms with Gasteiger partial charge in [0.1, 0.15) is 11.6 Å². The van der Waals surface area contributed by atoms with Gasteiger partial charge in [-0.25, -0.2) is 0 Å². The van der Waals surface area contributed by atoms with Crippen LogP contribution >= 0.6 is 0 Å². The fraction of sp³-hybridized carbons (Fsp3) is 0.875. The summed E-state index contributed by atoms with van der Waals surface area (Å²) >= 11 is 0. The van der Waals surface area contributed by atoms with Crippen molar-refractivity contribution in [3.63, 3.8) is 0 Å². The maximum absolute atomic E-state index is 12.9. The zero-order chi connectivity index (χ0) is 14.9. The van der Waals surface area contributed by atoms with Gasteiger partial charge >= 0.3 is 0 Å². The lowest BCUT2D eigenvalue weighted by Crippen LogP contribution is -2.73. The highest BCUT2D eigenvalue weighted by molar-refractivity contribution is 6.00. The van der Waals surface area contributed by atoms with E-state index in [-0.39, 0.29) is 29.8 Å². The van der Waals surface area contributed by atoms with E-state index in [1.54, 1.807) is 0 Å². The monoisotopic (exact) mass is 280 g/mol.